The summed E-state index contributed by atoms with van der Waals surface area (Å²) in [6.07, 6.45) is 3.63. The zero-order chi connectivity index (χ0) is 20.9. The van der Waals surface area contributed by atoms with Gasteiger partial charge in [0.15, 0.2) is 8.32 Å². The average molecular weight is 404 g/mol. The molecule has 0 aliphatic carbocycles. The van der Waals surface area contributed by atoms with Gasteiger partial charge in [0.25, 0.3) is 0 Å². The number of amides is 2. The molecule has 0 spiro atoms. The molecule has 1 fully saturated rings. The van der Waals surface area contributed by atoms with E-state index in [0.717, 1.165) is 5.56 Å². The topological polar surface area (TPSA) is 55.8 Å². The van der Waals surface area contributed by atoms with Crippen LogP contribution in [0.4, 0.5) is 4.79 Å². The first-order valence-electron chi connectivity index (χ1n) is 9.88. The normalized spacial score (nSPS) is 19.1. The molecule has 2 amide bonds. The van der Waals surface area contributed by atoms with Gasteiger partial charge in [-0.05, 0) is 37.0 Å². The second kappa shape index (κ2) is 9.05. The van der Waals surface area contributed by atoms with E-state index >= 15 is 0 Å². The van der Waals surface area contributed by atoms with Crippen molar-refractivity contribution in [3.63, 3.8) is 0 Å². The van der Waals surface area contributed by atoms with Crippen molar-refractivity contribution < 1.29 is 18.8 Å². The Hall–Kier alpha value is -1.92. The van der Waals surface area contributed by atoms with Gasteiger partial charge in [0.2, 0.25) is 5.91 Å². The smallest absolute Gasteiger partial charge is 0.416 e. The first-order chi connectivity index (χ1) is 13.0. The van der Waals surface area contributed by atoms with Crippen LogP contribution in [0.5, 0.6) is 0 Å². The lowest BCUT2D eigenvalue weighted by molar-refractivity contribution is -0.130. The second-order valence-corrected chi connectivity index (χ2v) is 13.6. The summed E-state index contributed by atoms with van der Waals surface area (Å²) < 4.78 is 11.6. The van der Waals surface area contributed by atoms with E-state index in [1.54, 1.807) is 0 Å². The minimum absolute atomic E-state index is 0.0400. The molecule has 0 radical (unpaired) electrons. The fourth-order valence-electron chi connectivity index (χ4n) is 2.99. The standard InChI is InChI=1S/C22H33NO4Si/c1-7-11-19(27-28(5,6)22(2,3)4)15-20(24)23-18(16-26-21(23)25)14-17-12-9-8-10-13-17/h7-13,18-19H,14-16H2,1-6H3/b11-7+/t18-,19+/m1/s1. The summed E-state index contributed by atoms with van der Waals surface area (Å²) in [6.45, 7) is 13.0. The highest BCUT2D eigenvalue weighted by atomic mass is 28.4. The maximum Gasteiger partial charge on any atom is 0.416 e. The number of cyclic esters (lactones) is 1. The summed E-state index contributed by atoms with van der Waals surface area (Å²) in [4.78, 5) is 26.5. The molecule has 1 aromatic carbocycles. The SMILES string of the molecule is C/C=C/[C@@H](CC(=O)N1C(=O)OC[C@H]1Cc1ccccc1)O[Si](C)(C)C(C)(C)C. The van der Waals surface area contributed by atoms with Gasteiger partial charge in [0.1, 0.15) is 6.61 Å². The summed E-state index contributed by atoms with van der Waals surface area (Å²) in [5.74, 6) is -0.245. The van der Waals surface area contributed by atoms with Crippen molar-refractivity contribution in [1.29, 1.82) is 0 Å². The first-order valence-corrected chi connectivity index (χ1v) is 12.8. The molecule has 0 N–H and O–H groups in total. The third-order valence-electron chi connectivity index (χ3n) is 5.58. The van der Waals surface area contributed by atoms with Crippen LogP contribution in [-0.4, -0.2) is 44.0 Å². The Bertz CT molecular complexity index is 709. The number of allylic oxidation sites excluding steroid dienone is 1. The lowest BCUT2D eigenvalue weighted by Crippen LogP contribution is -2.46. The molecule has 5 nitrogen and oxygen atoms in total. The predicted molar refractivity (Wildman–Crippen MR) is 114 cm³/mol. The molecule has 0 saturated carbocycles. The Kier molecular flexibility index (Phi) is 7.23. The molecule has 154 valence electrons. The molecule has 6 heteroatoms. The number of hydrogen-bond acceptors (Lipinski definition) is 4. The predicted octanol–water partition coefficient (Wildman–Crippen LogP) is 4.93. The lowest BCUT2D eigenvalue weighted by atomic mass is 10.1. The van der Waals surface area contributed by atoms with Crippen LogP contribution < -0.4 is 0 Å². The van der Waals surface area contributed by atoms with E-state index < -0.39 is 14.4 Å². The summed E-state index contributed by atoms with van der Waals surface area (Å²) >= 11 is 0. The molecule has 28 heavy (non-hydrogen) atoms. The van der Waals surface area contributed by atoms with Gasteiger partial charge in [0.05, 0.1) is 18.6 Å². The Balaban J connectivity index is 2.11. The van der Waals surface area contributed by atoms with E-state index in [0.29, 0.717) is 6.42 Å². The van der Waals surface area contributed by atoms with Gasteiger partial charge in [-0.2, -0.15) is 0 Å². The quantitative estimate of drug-likeness (QED) is 0.478. The highest BCUT2D eigenvalue weighted by molar-refractivity contribution is 6.74. The van der Waals surface area contributed by atoms with E-state index in [9.17, 15) is 9.59 Å². The molecule has 0 bridgehead atoms. The third kappa shape index (κ3) is 5.55. The third-order valence-corrected chi connectivity index (χ3v) is 10.1. The number of imide groups is 1. The molecular formula is C22H33NO4Si. The van der Waals surface area contributed by atoms with Crippen molar-refractivity contribution in [1.82, 2.24) is 4.90 Å². The second-order valence-electron chi connectivity index (χ2n) is 8.83. The van der Waals surface area contributed by atoms with Crippen LogP contribution in [0.1, 0.15) is 39.7 Å². The molecule has 2 atom stereocenters. The Labute approximate surface area is 169 Å². The van der Waals surface area contributed by atoms with Gasteiger partial charge in [-0.15, -0.1) is 0 Å². The largest absolute Gasteiger partial charge is 0.447 e. The molecule has 1 aliphatic heterocycles. The average Bonchev–Trinajstić information content (AvgIpc) is 2.95. The van der Waals surface area contributed by atoms with E-state index in [4.69, 9.17) is 9.16 Å². The van der Waals surface area contributed by atoms with E-state index in [2.05, 4.69) is 33.9 Å². The van der Waals surface area contributed by atoms with E-state index in [1.807, 2.05) is 49.4 Å². The summed E-state index contributed by atoms with van der Waals surface area (Å²) in [5.41, 5.74) is 1.08. The molecule has 1 heterocycles. The van der Waals surface area contributed by atoms with E-state index in [1.165, 1.54) is 4.90 Å². The minimum atomic E-state index is -2.04. The Morgan fingerprint density at radius 3 is 2.54 bits per heavy atom. The number of ether oxygens (including phenoxy) is 1. The minimum Gasteiger partial charge on any atom is -0.447 e. The fourth-order valence-corrected chi connectivity index (χ4v) is 4.26. The maximum absolute atomic E-state index is 13.0. The highest BCUT2D eigenvalue weighted by Crippen LogP contribution is 2.38. The van der Waals surface area contributed by atoms with Crippen molar-refractivity contribution in [2.75, 3.05) is 6.61 Å². The van der Waals surface area contributed by atoms with Crippen LogP contribution in [0.15, 0.2) is 42.5 Å². The molecule has 1 aromatic rings. The first kappa shape index (κ1) is 22.4. The van der Waals surface area contributed by atoms with Gasteiger partial charge in [-0.25, -0.2) is 9.69 Å². The lowest BCUT2D eigenvalue weighted by Gasteiger charge is -2.38. The highest BCUT2D eigenvalue weighted by Gasteiger charge is 2.41. The van der Waals surface area contributed by atoms with Gasteiger partial charge >= 0.3 is 6.09 Å². The number of hydrogen-bond donors (Lipinski definition) is 0. The monoisotopic (exact) mass is 403 g/mol. The van der Waals surface area contributed by atoms with Crippen molar-refractivity contribution in [2.24, 2.45) is 0 Å². The number of carbonyl (C=O) groups excluding carboxylic acids is 2. The van der Waals surface area contributed by atoms with Crippen LogP contribution in [-0.2, 0) is 20.4 Å². The van der Waals surface area contributed by atoms with Crippen LogP contribution in [0.3, 0.4) is 0 Å². The fraction of sp³-hybridized carbons (Fsp3) is 0.545. The van der Waals surface area contributed by atoms with Gasteiger partial charge in [-0.3, -0.25) is 4.79 Å². The maximum atomic E-state index is 13.0. The number of rotatable bonds is 7. The van der Waals surface area contributed by atoms with Gasteiger partial charge in [0, 0.05) is 0 Å². The summed E-state index contributed by atoms with van der Waals surface area (Å²) in [7, 11) is -2.04. The van der Waals surface area contributed by atoms with Crippen LogP contribution in [0.25, 0.3) is 0 Å². The Morgan fingerprint density at radius 2 is 1.96 bits per heavy atom. The van der Waals surface area contributed by atoms with Gasteiger partial charge < -0.3 is 9.16 Å². The van der Waals surface area contributed by atoms with E-state index in [-0.39, 0.29) is 36.1 Å². The molecule has 1 aliphatic rings. The molecule has 0 unspecified atom stereocenters. The van der Waals surface area contributed by atoms with Crippen molar-refractivity contribution >= 4 is 20.3 Å². The summed E-state index contributed by atoms with van der Waals surface area (Å²) in [6, 6.07) is 9.57. The van der Waals surface area contributed by atoms with Crippen LogP contribution in [0.2, 0.25) is 18.1 Å². The number of carbonyl (C=O) groups is 2. The van der Waals surface area contributed by atoms with Gasteiger partial charge in [-0.1, -0.05) is 63.3 Å². The van der Waals surface area contributed by atoms with Crippen molar-refractivity contribution in [2.45, 2.75) is 70.8 Å². The van der Waals surface area contributed by atoms with Crippen molar-refractivity contribution in [3.8, 4) is 0 Å². The molecule has 2 rings (SSSR count). The zero-order valence-corrected chi connectivity index (χ0v) is 18.9. The van der Waals surface area contributed by atoms with Crippen LogP contribution >= 0.6 is 0 Å². The molecule has 1 saturated heterocycles. The van der Waals surface area contributed by atoms with Crippen LogP contribution in [0, 0.1) is 0 Å². The number of nitrogens with zero attached hydrogens (tertiary/aromatic N) is 1. The summed E-state index contributed by atoms with van der Waals surface area (Å²) in [5, 5.41) is 0.0400. The zero-order valence-electron chi connectivity index (χ0n) is 17.9. The Morgan fingerprint density at radius 1 is 1.32 bits per heavy atom. The molecule has 0 aromatic heterocycles. The number of benzene rings is 1. The van der Waals surface area contributed by atoms with Crippen molar-refractivity contribution in [3.05, 3.63) is 48.0 Å². The molecular weight excluding hydrogens is 370 g/mol.